The molecule has 1 amide bonds. The number of amides is 1. The number of carbonyl (C=O) groups excluding carboxylic acids is 2. The summed E-state index contributed by atoms with van der Waals surface area (Å²) in [5.41, 5.74) is 3.07. The quantitative estimate of drug-likeness (QED) is 0.667. The van der Waals surface area contributed by atoms with E-state index in [4.69, 9.17) is 0 Å². The van der Waals surface area contributed by atoms with Gasteiger partial charge in [0.25, 0.3) is 0 Å². The van der Waals surface area contributed by atoms with Gasteiger partial charge in [-0.05, 0) is 39.1 Å². The van der Waals surface area contributed by atoms with E-state index in [0.717, 1.165) is 32.4 Å². The summed E-state index contributed by atoms with van der Waals surface area (Å²) in [4.78, 5) is 26.0. The van der Waals surface area contributed by atoms with Crippen molar-refractivity contribution in [3.63, 3.8) is 0 Å². The molecule has 1 unspecified atom stereocenters. The van der Waals surface area contributed by atoms with Crippen molar-refractivity contribution in [1.29, 1.82) is 0 Å². The molecule has 0 bridgehead atoms. The SMILES string of the molecule is B[C@@H]1CC(C(C)=O)N(C(=O)[C@H]2CCCN2NC)C1. The molecule has 0 radical (unpaired) electrons. The fourth-order valence-corrected chi connectivity index (χ4v) is 3.16. The standard InChI is InChI=1S/C12H22BN3O2/c1-8(17)11-6-9(13)7-15(11)12(18)10-4-3-5-16(10)14-2/h9-11,14H,3-7,13H2,1-2H3/t9-,10-,11?/m1/s1. The van der Waals surface area contributed by atoms with E-state index in [1.165, 1.54) is 0 Å². The summed E-state index contributed by atoms with van der Waals surface area (Å²) >= 11 is 0. The molecule has 0 aliphatic carbocycles. The van der Waals surface area contributed by atoms with Crippen molar-refractivity contribution in [3.8, 4) is 0 Å². The lowest BCUT2D eigenvalue weighted by molar-refractivity contribution is -0.141. The normalized spacial score (nSPS) is 33.0. The molecule has 6 heteroatoms. The minimum atomic E-state index is -0.202. The third-order valence-electron chi connectivity index (χ3n) is 4.09. The number of nitrogens with one attached hydrogen (secondary N) is 1. The molecule has 18 heavy (non-hydrogen) atoms. The molecule has 2 heterocycles. The highest BCUT2D eigenvalue weighted by Gasteiger charge is 2.41. The molecule has 2 aliphatic heterocycles. The van der Waals surface area contributed by atoms with E-state index in [2.05, 4.69) is 13.3 Å². The maximum absolute atomic E-state index is 12.6. The lowest BCUT2D eigenvalue weighted by atomic mass is 9.85. The number of likely N-dealkylation sites (tertiary alicyclic amines) is 1. The summed E-state index contributed by atoms with van der Waals surface area (Å²) in [6.45, 7) is 3.21. The number of hydrogen-bond donors (Lipinski definition) is 1. The van der Waals surface area contributed by atoms with Gasteiger partial charge in [-0.1, -0.05) is 0 Å². The Morgan fingerprint density at radius 1 is 1.33 bits per heavy atom. The predicted molar refractivity (Wildman–Crippen MR) is 71.9 cm³/mol. The van der Waals surface area contributed by atoms with Crippen LogP contribution in [0.3, 0.4) is 0 Å². The molecule has 2 fully saturated rings. The monoisotopic (exact) mass is 251 g/mol. The van der Waals surface area contributed by atoms with E-state index in [1.54, 1.807) is 11.8 Å². The summed E-state index contributed by atoms with van der Waals surface area (Å²) in [5, 5.41) is 1.99. The van der Waals surface area contributed by atoms with Gasteiger partial charge in [-0.3, -0.25) is 15.0 Å². The van der Waals surface area contributed by atoms with E-state index in [0.29, 0.717) is 5.82 Å². The summed E-state index contributed by atoms with van der Waals surface area (Å²) < 4.78 is 0. The number of ketones is 1. The highest BCUT2D eigenvalue weighted by Crippen LogP contribution is 2.28. The Hall–Kier alpha value is -0.875. The largest absolute Gasteiger partial charge is 0.332 e. The van der Waals surface area contributed by atoms with Crippen molar-refractivity contribution >= 4 is 19.5 Å². The van der Waals surface area contributed by atoms with Gasteiger partial charge in [-0.15, -0.1) is 0 Å². The minimum absolute atomic E-state index is 0.0952. The van der Waals surface area contributed by atoms with Crippen LogP contribution in [0.5, 0.6) is 0 Å². The van der Waals surface area contributed by atoms with Crippen LogP contribution in [0, 0.1) is 0 Å². The van der Waals surface area contributed by atoms with Crippen LogP contribution in [-0.2, 0) is 9.59 Å². The number of rotatable bonds is 3. The molecule has 100 valence electrons. The maximum atomic E-state index is 12.6. The fourth-order valence-electron chi connectivity index (χ4n) is 3.16. The summed E-state index contributed by atoms with van der Waals surface area (Å²) in [6.07, 6.45) is 2.73. The van der Waals surface area contributed by atoms with Crippen molar-refractivity contribution in [2.75, 3.05) is 20.1 Å². The van der Waals surface area contributed by atoms with Gasteiger partial charge >= 0.3 is 0 Å². The summed E-state index contributed by atoms with van der Waals surface area (Å²) in [6, 6.07) is -0.297. The Bertz CT molecular complexity index is 350. The van der Waals surface area contributed by atoms with Crippen LogP contribution in [0.1, 0.15) is 26.2 Å². The Morgan fingerprint density at radius 3 is 2.67 bits per heavy atom. The van der Waals surface area contributed by atoms with Gasteiger partial charge in [0, 0.05) is 13.1 Å². The van der Waals surface area contributed by atoms with Crippen LogP contribution < -0.4 is 5.43 Å². The second-order valence-corrected chi connectivity index (χ2v) is 5.53. The van der Waals surface area contributed by atoms with Crippen LogP contribution >= 0.6 is 0 Å². The van der Waals surface area contributed by atoms with Gasteiger partial charge in [0.1, 0.15) is 13.9 Å². The summed E-state index contributed by atoms with van der Waals surface area (Å²) in [7, 11) is 3.95. The Balaban J connectivity index is 2.10. The molecule has 0 aromatic carbocycles. The van der Waals surface area contributed by atoms with Gasteiger partial charge in [0.15, 0.2) is 5.78 Å². The van der Waals surface area contributed by atoms with E-state index >= 15 is 0 Å². The van der Waals surface area contributed by atoms with Gasteiger partial charge in [0.05, 0.1) is 6.04 Å². The molecule has 0 spiro atoms. The van der Waals surface area contributed by atoms with Crippen molar-refractivity contribution in [2.24, 2.45) is 0 Å². The van der Waals surface area contributed by atoms with Crippen molar-refractivity contribution in [1.82, 2.24) is 15.3 Å². The first-order valence-corrected chi connectivity index (χ1v) is 6.79. The molecule has 0 saturated carbocycles. The predicted octanol–water partition coefficient (Wildman–Crippen LogP) is -0.803. The van der Waals surface area contributed by atoms with Crippen LogP contribution in [0.2, 0.25) is 5.82 Å². The minimum Gasteiger partial charge on any atom is -0.332 e. The highest BCUT2D eigenvalue weighted by molar-refractivity contribution is 6.13. The summed E-state index contributed by atoms with van der Waals surface area (Å²) in [5.74, 6) is 0.653. The smallest absolute Gasteiger partial charge is 0.241 e. The number of hydrazine groups is 1. The zero-order valence-electron chi connectivity index (χ0n) is 11.5. The van der Waals surface area contributed by atoms with E-state index in [9.17, 15) is 9.59 Å². The van der Waals surface area contributed by atoms with Gasteiger partial charge in [-0.2, -0.15) is 0 Å². The van der Waals surface area contributed by atoms with E-state index in [1.807, 2.05) is 12.1 Å². The van der Waals surface area contributed by atoms with Crippen LogP contribution in [0.4, 0.5) is 0 Å². The van der Waals surface area contributed by atoms with E-state index in [-0.39, 0.29) is 23.8 Å². The molecule has 3 atom stereocenters. The molecule has 1 N–H and O–H groups in total. The first-order valence-electron chi connectivity index (χ1n) is 6.79. The Kier molecular flexibility index (Phi) is 4.07. The average Bonchev–Trinajstić information content (AvgIpc) is 2.93. The second-order valence-electron chi connectivity index (χ2n) is 5.53. The number of carbonyl (C=O) groups is 2. The molecule has 2 aliphatic rings. The third kappa shape index (κ3) is 2.45. The number of nitrogens with zero attached hydrogens (tertiary/aromatic N) is 2. The average molecular weight is 251 g/mol. The Morgan fingerprint density at radius 2 is 2.06 bits per heavy atom. The lowest BCUT2D eigenvalue weighted by Gasteiger charge is -2.30. The second kappa shape index (κ2) is 5.40. The first kappa shape index (κ1) is 13.6. The molecule has 5 nitrogen and oxygen atoms in total. The van der Waals surface area contributed by atoms with Crippen molar-refractivity contribution in [2.45, 2.75) is 44.1 Å². The van der Waals surface area contributed by atoms with Crippen LogP contribution in [0.15, 0.2) is 0 Å². The highest BCUT2D eigenvalue weighted by atomic mass is 16.2. The zero-order valence-corrected chi connectivity index (χ0v) is 11.5. The van der Waals surface area contributed by atoms with Crippen molar-refractivity contribution in [3.05, 3.63) is 0 Å². The molecule has 0 aromatic rings. The van der Waals surface area contributed by atoms with Crippen LogP contribution in [0.25, 0.3) is 0 Å². The lowest BCUT2D eigenvalue weighted by Crippen LogP contribution is -2.52. The molecule has 2 saturated heterocycles. The number of hydrogen-bond acceptors (Lipinski definition) is 4. The van der Waals surface area contributed by atoms with Gasteiger partial charge in [0.2, 0.25) is 5.91 Å². The third-order valence-corrected chi connectivity index (χ3v) is 4.09. The Labute approximate surface area is 109 Å². The van der Waals surface area contributed by atoms with Gasteiger partial charge < -0.3 is 4.90 Å². The molecule has 2 rings (SSSR count). The topological polar surface area (TPSA) is 52.7 Å². The van der Waals surface area contributed by atoms with E-state index < -0.39 is 0 Å². The zero-order chi connectivity index (χ0) is 13.3. The number of Topliss-reactive ketones (excluding diaryl/α,β-unsaturated/α-hetero) is 1. The van der Waals surface area contributed by atoms with Crippen LogP contribution in [-0.4, -0.2) is 61.7 Å². The molecular weight excluding hydrogens is 229 g/mol. The van der Waals surface area contributed by atoms with Gasteiger partial charge in [-0.25, -0.2) is 5.01 Å². The maximum Gasteiger partial charge on any atom is 0.241 e. The molecular formula is C12H22BN3O2. The fraction of sp³-hybridized carbons (Fsp3) is 0.833. The first-order chi connectivity index (χ1) is 8.54. The molecule has 0 aromatic heterocycles. The van der Waals surface area contributed by atoms with Crippen molar-refractivity contribution < 1.29 is 9.59 Å².